The quantitative estimate of drug-likeness (QED) is 0.418. The molecule has 0 radical (unpaired) electrons. The SMILES string of the molecule is COc1cc(C=Nn2cnnc2)cc(I)c1OCc1ccccc1C#N. The first-order valence-electron chi connectivity index (χ1n) is 7.58. The van der Waals surface area contributed by atoms with Crippen LogP contribution in [0.5, 0.6) is 11.5 Å². The maximum absolute atomic E-state index is 9.19. The molecule has 0 fully saturated rings. The summed E-state index contributed by atoms with van der Waals surface area (Å²) in [7, 11) is 1.59. The topological polar surface area (TPSA) is 85.3 Å². The fraction of sp³-hybridized carbons (Fsp3) is 0.111. The standard InChI is InChI=1S/C18H14IN5O2/c1-25-17-7-13(9-23-24-11-21-22-12-24)6-16(19)18(17)26-10-15-5-3-2-4-14(15)8-20/h2-7,9,11-12H,10H2,1H3. The van der Waals surface area contributed by atoms with Gasteiger partial charge in [0.2, 0.25) is 0 Å². The van der Waals surface area contributed by atoms with E-state index < -0.39 is 0 Å². The first kappa shape index (κ1) is 17.9. The Morgan fingerprint density at radius 1 is 1.27 bits per heavy atom. The molecule has 0 atom stereocenters. The summed E-state index contributed by atoms with van der Waals surface area (Å²) in [5.41, 5.74) is 2.27. The van der Waals surface area contributed by atoms with Gasteiger partial charge >= 0.3 is 0 Å². The van der Waals surface area contributed by atoms with E-state index in [1.54, 1.807) is 19.4 Å². The second-order valence-electron chi connectivity index (χ2n) is 5.18. The van der Waals surface area contributed by atoms with Crippen LogP contribution in [0.3, 0.4) is 0 Å². The molecule has 0 aliphatic carbocycles. The van der Waals surface area contributed by atoms with Crippen LogP contribution in [-0.4, -0.2) is 28.2 Å². The third-order valence-corrected chi connectivity index (χ3v) is 4.31. The van der Waals surface area contributed by atoms with Crippen LogP contribution in [0.2, 0.25) is 0 Å². The Balaban J connectivity index is 1.82. The van der Waals surface area contributed by atoms with Crippen molar-refractivity contribution in [2.45, 2.75) is 6.61 Å². The molecule has 1 aromatic heterocycles. The van der Waals surface area contributed by atoms with E-state index in [0.717, 1.165) is 14.7 Å². The molecule has 1 heterocycles. The van der Waals surface area contributed by atoms with Crippen molar-refractivity contribution < 1.29 is 9.47 Å². The molecule has 130 valence electrons. The van der Waals surface area contributed by atoms with E-state index in [2.05, 4.69) is 44.0 Å². The lowest BCUT2D eigenvalue weighted by molar-refractivity contribution is 0.282. The number of nitriles is 1. The average molecular weight is 459 g/mol. The van der Waals surface area contributed by atoms with Gasteiger partial charge in [-0.15, -0.1) is 10.2 Å². The number of benzene rings is 2. The van der Waals surface area contributed by atoms with Crippen molar-refractivity contribution in [2.24, 2.45) is 5.10 Å². The number of halogens is 1. The summed E-state index contributed by atoms with van der Waals surface area (Å²) in [5.74, 6) is 1.22. The van der Waals surface area contributed by atoms with E-state index in [1.165, 1.54) is 17.3 Å². The van der Waals surface area contributed by atoms with Crippen LogP contribution < -0.4 is 9.47 Å². The molecule has 0 saturated carbocycles. The molecule has 3 rings (SSSR count). The average Bonchev–Trinajstić information content (AvgIpc) is 3.19. The molecule has 0 aliphatic heterocycles. The summed E-state index contributed by atoms with van der Waals surface area (Å²) in [6, 6.07) is 13.3. The minimum absolute atomic E-state index is 0.282. The molecule has 7 nitrogen and oxygen atoms in total. The van der Waals surface area contributed by atoms with Gasteiger partial charge in [-0.25, -0.2) is 4.68 Å². The van der Waals surface area contributed by atoms with Gasteiger partial charge in [0, 0.05) is 5.56 Å². The maximum atomic E-state index is 9.19. The van der Waals surface area contributed by atoms with Crippen LogP contribution in [0.4, 0.5) is 0 Å². The van der Waals surface area contributed by atoms with Gasteiger partial charge in [0.15, 0.2) is 11.5 Å². The van der Waals surface area contributed by atoms with E-state index in [1.807, 2.05) is 30.3 Å². The Hall–Kier alpha value is -2.93. The van der Waals surface area contributed by atoms with Gasteiger partial charge in [-0.05, 0) is 46.4 Å². The highest BCUT2D eigenvalue weighted by molar-refractivity contribution is 14.1. The normalized spacial score (nSPS) is 10.7. The lowest BCUT2D eigenvalue weighted by Crippen LogP contribution is -2.02. The molecular weight excluding hydrogens is 445 g/mol. The van der Waals surface area contributed by atoms with Crippen LogP contribution in [-0.2, 0) is 6.61 Å². The Kier molecular flexibility index (Phi) is 5.80. The van der Waals surface area contributed by atoms with Gasteiger partial charge in [0.25, 0.3) is 0 Å². The first-order chi connectivity index (χ1) is 12.7. The van der Waals surface area contributed by atoms with Crippen LogP contribution in [0, 0.1) is 14.9 Å². The first-order valence-corrected chi connectivity index (χ1v) is 8.66. The van der Waals surface area contributed by atoms with Crippen molar-refractivity contribution in [1.29, 1.82) is 5.26 Å². The molecule has 0 N–H and O–H groups in total. The fourth-order valence-electron chi connectivity index (χ4n) is 2.25. The molecule has 0 unspecified atom stereocenters. The molecule has 0 spiro atoms. The van der Waals surface area contributed by atoms with Crippen LogP contribution in [0.15, 0.2) is 54.2 Å². The minimum atomic E-state index is 0.282. The molecule has 8 heteroatoms. The number of ether oxygens (including phenoxy) is 2. The Labute approximate surface area is 164 Å². The molecule has 0 bridgehead atoms. The molecule has 0 aliphatic rings. The van der Waals surface area contributed by atoms with Gasteiger partial charge in [-0.1, -0.05) is 18.2 Å². The predicted octanol–water partition coefficient (Wildman–Crippen LogP) is 3.22. The molecule has 0 saturated heterocycles. The summed E-state index contributed by atoms with van der Waals surface area (Å²) < 4.78 is 13.8. The minimum Gasteiger partial charge on any atom is -0.493 e. The number of hydrogen-bond acceptors (Lipinski definition) is 6. The highest BCUT2D eigenvalue weighted by Gasteiger charge is 2.12. The molecular formula is C18H14IN5O2. The second-order valence-corrected chi connectivity index (χ2v) is 6.34. The predicted molar refractivity (Wildman–Crippen MR) is 104 cm³/mol. The Morgan fingerprint density at radius 2 is 2.04 bits per heavy atom. The summed E-state index contributed by atoms with van der Waals surface area (Å²) in [6.45, 7) is 0.282. The third-order valence-electron chi connectivity index (χ3n) is 3.51. The maximum Gasteiger partial charge on any atom is 0.174 e. The molecule has 26 heavy (non-hydrogen) atoms. The number of methoxy groups -OCH3 is 1. The summed E-state index contributed by atoms with van der Waals surface area (Å²) >= 11 is 2.19. The number of rotatable bonds is 6. The number of hydrogen-bond donors (Lipinski definition) is 0. The Bertz CT molecular complexity index is 964. The Morgan fingerprint density at radius 3 is 2.77 bits per heavy atom. The van der Waals surface area contributed by atoms with Crippen molar-refractivity contribution in [1.82, 2.24) is 14.9 Å². The second kappa shape index (κ2) is 8.44. The number of aromatic nitrogens is 3. The lowest BCUT2D eigenvalue weighted by Gasteiger charge is -2.14. The van der Waals surface area contributed by atoms with Gasteiger partial charge in [-0.2, -0.15) is 10.4 Å². The van der Waals surface area contributed by atoms with Gasteiger partial charge < -0.3 is 9.47 Å². The smallest absolute Gasteiger partial charge is 0.174 e. The van der Waals surface area contributed by atoms with Crippen LogP contribution in [0.1, 0.15) is 16.7 Å². The van der Waals surface area contributed by atoms with Crippen LogP contribution in [0.25, 0.3) is 0 Å². The van der Waals surface area contributed by atoms with Gasteiger partial charge in [0.05, 0.1) is 28.5 Å². The highest BCUT2D eigenvalue weighted by atomic mass is 127. The van der Waals surface area contributed by atoms with E-state index >= 15 is 0 Å². The third kappa shape index (κ3) is 4.18. The zero-order valence-corrected chi connectivity index (χ0v) is 16.0. The summed E-state index contributed by atoms with van der Waals surface area (Å²) in [6.07, 6.45) is 4.69. The lowest BCUT2D eigenvalue weighted by atomic mass is 10.1. The van der Waals surface area contributed by atoms with E-state index in [-0.39, 0.29) is 6.61 Å². The van der Waals surface area contributed by atoms with Crippen molar-refractivity contribution >= 4 is 28.8 Å². The van der Waals surface area contributed by atoms with E-state index in [9.17, 15) is 5.26 Å². The van der Waals surface area contributed by atoms with Gasteiger partial charge in [0.1, 0.15) is 19.3 Å². The van der Waals surface area contributed by atoms with Crippen molar-refractivity contribution in [3.8, 4) is 17.6 Å². The highest BCUT2D eigenvalue weighted by Crippen LogP contribution is 2.34. The summed E-state index contributed by atoms with van der Waals surface area (Å²) in [5, 5.41) is 20.8. The van der Waals surface area contributed by atoms with Gasteiger partial charge in [-0.3, -0.25) is 0 Å². The van der Waals surface area contributed by atoms with E-state index in [4.69, 9.17) is 9.47 Å². The van der Waals surface area contributed by atoms with Crippen molar-refractivity contribution in [2.75, 3.05) is 7.11 Å². The largest absolute Gasteiger partial charge is 0.493 e. The molecule has 2 aromatic carbocycles. The summed E-state index contributed by atoms with van der Waals surface area (Å²) in [4.78, 5) is 0. The van der Waals surface area contributed by atoms with Crippen LogP contribution >= 0.6 is 22.6 Å². The fourth-order valence-corrected chi connectivity index (χ4v) is 3.03. The molecule has 0 amide bonds. The number of nitrogens with zero attached hydrogens (tertiary/aromatic N) is 5. The molecule has 3 aromatic rings. The van der Waals surface area contributed by atoms with Crippen molar-refractivity contribution in [3.63, 3.8) is 0 Å². The van der Waals surface area contributed by atoms with E-state index in [0.29, 0.717) is 17.1 Å². The van der Waals surface area contributed by atoms with Crippen molar-refractivity contribution in [3.05, 3.63) is 69.3 Å². The zero-order valence-electron chi connectivity index (χ0n) is 13.8. The zero-order chi connectivity index (χ0) is 18.4. The monoisotopic (exact) mass is 459 g/mol.